The molecule has 4 nitrogen and oxygen atoms in total. The second-order valence-electron chi connectivity index (χ2n) is 8.64. The summed E-state index contributed by atoms with van der Waals surface area (Å²) in [6.07, 6.45) is 5.31. The van der Waals surface area contributed by atoms with Crippen LogP contribution in [0.15, 0.2) is 11.8 Å². The molecule has 1 aliphatic heterocycles. The molecule has 0 aromatic rings. The molecule has 22 heavy (non-hydrogen) atoms. The zero-order valence-electron chi connectivity index (χ0n) is 14.6. The summed E-state index contributed by atoms with van der Waals surface area (Å²) < 4.78 is 0. The Morgan fingerprint density at radius 1 is 1.41 bits per heavy atom. The average Bonchev–Trinajstić information content (AvgIpc) is 2.61. The van der Waals surface area contributed by atoms with Crippen molar-refractivity contribution in [2.45, 2.75) is 59.9 Å². The van der Waals surface area contributed by atoms with E-state index in [9.17, 15) is 10.1 Å². The highest BCUT2D eigenvalue weighted by atomic mass is 16.1. The minimum absolute atomic E-state index is 0.231. The van der Waals surface area contributed by atoms with Crippen molar-refractivity contribution >= 4 is 5.91 Å². The van der Waals surface area contributed by atoms with Gasteiger partial charge in [-0.2, -0.15) is 5.26 Å². The van der Waals surface area contributed by atoms with Gasteiger partial charge in [0.2, 0.25) is 0 Å². The first-order valence-corrected chi connectivity index (χ1v) is 8.30. The zero-order chi connectivity index (χ0) is 16.5. The number of likely N-dealkylation sites (tertiary alicyclic amines) is 1. The minimum atomic E-state index is -0.248. The van der Waals surface area contributed by atoms with E-state index in [1.165, 1.54) is 12.8 Å². The second-order valence-corrected chi connectivity index (χ2v) is 8.64. The van der Waals surface area contributed by atoms with Crippen LogP contribution in [0, 0.1) is 28.1 Å². The number of amides is 1. The van der Waals surface area contributed by atoms with E-state index in [4.69, 9.17) is 0 Å². The maximum Gasteiger partial charge on any atom is 0.263 e. The second kappa shape index (κ2) is 5.95. The SMILES string of the molecule is CC(C)CNC(=O)/C(C#N)=C\N1CC2(C)CC1CC(C)(C)C2. The van der Waals surface area contributed by atoms with Crippen molar-refractivity contribution in [2.24, 2.45) is 16.7 Å². The molecule has 0 aromatic carbocycles. The molecule has 0 aromatic heterocycles. The molecule has 1 amide bonds. The number of carbonyl (C=O) groups excluding carboxylic acids is 1. The highest BCUT2D eigenvalue weighted by molar-refractivity contribution is 5.97. The summed E-state index contributed by atoms with van der Waals surface area (Å²) >= 11 is 0. The van der Waals surface area contributed by atoms with E-state index in [1.807, 2.05) is 13.8 Å². The van der Waals surface area contributed by atoms with Gasteiger partial charge in [-0.15, -0.1) is 0 Å². The van der Waals surface area contributed by atoms with Gasteiger partial charge in [-0.3, -0.25) is 4.79 Å². The number of rotatable bonds is 4. The standard InChI is InChI=1S/C18H29N3O/c1-13(2)9-20-16(22)14(8-19)10-21-12-18(5)7-15(21)6-17(3,4)11-18/h10,13,15H,6-7,9,11-12H2,1-5H3,(H,20,22)/b14-10-. The molecule has 122 valence electrons. The highest BCUT2D eigenvalue weighted by Crippen LogP contribution is 2.52. The van der Waals surface area contributed by atoms with Crippen molar-refractivity contribution in [1.29, 1.82) is 5.26 Å². The molecule has 2 fully saturated rings. The quantitative estimate of drug-likeness (QED) is 0.641. The smallest absolute Gasteiger partial charge is 0.263 e. The third-order valence-electron chi connectivity index (χ3n) is 4.79. The van der Waals surface area contributed by atoms with E-state index in [1.54, 1.807) is 6.20 Å². The Morgan fingerprint density at radius 2 is 2.09 bits per heavy atom. The van der Waals surface area contributed by atoms with Crippen molar-refractivity contribution in [3.8, 4) is 6.07 Å². The summed E-state index contributed by atoms with van der Waals surface area (Å²) in [4.78, 5) is 14.4. The number of hydrogen-bond acceptors (Lipinski definition) is 3. The number of fused-ring (bicyclic) bond motifs is 2. The summed E-state index contributed by atoms with van der Waals surface area (Å²) in [5.41, 5.74) is 0.875. The average molecular weight is 303 g/mol. The molecule has 1 heterocycles. The first-order chi connectivity index (χ1) is 10.1. The normalized spacial score (nSPS) is 30.3. The maximum atomic E-state index is 12.1. The Hall–Kier alpha value is -1.50. The van der Waals surface area contributed by atoms with Crippen molar-refractivity contribution < 1.29 is 4.79 Å². The first-order valence-electron chi connectivity index (χ1n) is 8.30. The van der Waals surface area contributed by atoms with Gasteiger partial charge < -0.3 is 10.2 Å². The van der Waals surface area contributed by atoms with E-state index in [0.717, 1.165) is 13.0 Å². The number of nitrogens with one attached hydrogen (secondary N) is 1. The third kappa shape index (κ3) is 3.82. The van der Waals surface area contributed by atoms with Gasteiger partial charge in [0.1, 0.15) is 11.6 Å². The number of nitriles is 1. The molecule has 4 heteroatoms. The maximum absolute atomic E-state index is 12.1. The number of nitrogens with zero attached hydrogens (tertiary/aromatic N) is 2. The molecule has 2 aliphatic rings. The van der Waals surface area contributed by atoms with Gasteiger partial charge in [0, 0.05) is 25.3 Å². The molecule has 0 radical (unpaired) electrons. The summed E-state index contributed by atoms with van der Waals surface area (Å²) in [7, 11) is 0. The van der Waals surface area contributed by atoms with E-state index in [0.29, 0.717) is 29.3 Å². The van der Waals surface area contributed by atoms with Crippen molar-refractivity contribution in [3.05, 3.63) is 11.8 Å². The number of carbonyl (C=O) groups is 1. The van der Waals surface area contributed by atoms with Crippen LogP contribution in [-0.4, -0.2) is 29.9 Å². The Balaban J connectivity index is 2.11. The first kappa shape index (κ1) is 16.9. The van der Waals surface area contributed by atoms with Crippen LogP contribution in [0.1, 0.15) is 53.9 Å². The Bertz CT molecular complexity index is 515. The lowest BCUT2D eigenvalue weighted by Gasteiger charge is -2.39. The van der Waals surface area contributed by atoms with E-state index >= 15 is 0 Å². The molecular weight excluding hydrogens is 274 g/mol. The molecule has 1 N–H and O–H groups in total. The lowest BCUT2D eigenvalue weighted by atomic mass is 9.65. The van der Waals surface area contributed by atoms with Gasteiger partial charge in [0.25, 0.3) is 5.91 Å². The fourth-order valence-corrected chi connectivity index (χ4v) is 4.35. The van der Waals surface area contributed by atoms with Crippen LogP contribution < -0.4 is 5.32 Å². The third-order valence-corrected chi connectivity index (χ3v) is 4.79. The summed E-state index contributed by atoms with van der Waals surface area (Å²) in [6.45, 7) is 12.6. The molecule has 1 saturated carbocycles. The topological polar surface area (TPSA) is 56.1 Å². The zero-order valence-corrected chi connectivity index (χ0v) is 14.6. The van der Waals surface area contributed by atoms with Crippen LogP contribution in [0.25, 0.3) is 0 Å². The van der Waals surface area contributed by atoms with Crippen molar-refractivity contribution in [2.75, 3.05) is 13.1 Å². The van der Waals surface area contributed by atoms with Crippen molar-refractivity contribution in [3.63, 3.8) is 0 Å². The van der Waals surface area contributed by atoms with Crippen LogP contribution in [0.5, 0.6) is 0 Å². The van der Waals surface area contributed by atoms with Crippen LogP contribution in [0.2, 0.25) is 0 Å². The lowest BCUT2D eigenvalue weighted by Crippen LogP contribution is -2.34. The fourth-order valence-electron chi connectivity index (χ4n) is 4.35. The van der Waals surface area contributed by atoms with Gasteiger partial charge >= 0.3 is 0 Å². The highest BCUT2D eigenvalue weighted by Gasteiger charge is 2.48. The van der Waals surface area contributed by atoms with Crippen LogP contribution in [0.3, 0.4) is 0 Å². The van der Waals surface area contributed by atoms with E-state index in [2.05, 4.69) is 37.1 Å². The Labute approximate surface area is 134 Å². The molecule has 2 bridgehead atoms. The minimum Gasteiger partial charge on any atom is -0.373 e. The van der Waals surface area contributed by atoms with Crippen LogP contribution in [0.4, 0.5) is 0 Å². The van der Waals surface area contributed by atoms with Gasteiger partial charge in [0.05, 0.1) is 0 Å². The van der Waals surface area contributed by atoms with E-state index < -0.39 is 0 Å². The largest absolute Gasteiger partial charge is 0.373 e. The fraction of sp³-hybridized carbons (Fsp3) is 0.778. The van der Waals surface area contributed by atoms with E-state index in [-0.39, 0.29) is 11.5 Å². The molecule has 1 aliphatic carbocycles. The van der Waals surface area contributed by atoms with Gasteiger partial charge in [-0.25, -0.2) is 0 Å². The molecule has 2 atom stereocenters. The van der Waals surface area contributed by atoms with Gasteiger partial charge in [-0.05, 0) is 36.0 Å². The lowest BCUT2D eigenvalue weighted by molar-refractivity contribution is -0.117. The summed E-state index contributed by atoms with van der Waals surface area (Å²) in [6, 6.07) is 2.53. The predicted octanol–water partition coefficient (Wildman–Crippen LogP) is 3.07. The monoisotopic (exact) mass is 303 g/mol. The molecule has 0 spiro atoms. The molecule has 2 rings (SSSR count). The van der Waals surface area contributed by atoms with Crippen molar-refractivity contribution in [1.82, 2.24) is 10.2 Å². The molecular formula is C18H29N3O. The predicted molar refractivity (Wildman–Crippen MR) is 87.8 cm³/mol. The van der Waals surface area contributed by atoms with Gasteiger partial charge in [0.15, 0.2) is 0 Å². The summed E-state index contributed by atoms with van der Waals surface area (Å²) in [5.74, 6) is 0.136. The van der Waals surface area contributed by atoms with Crippen LogP contribution in [-0.2, 0) is 4.79 Å². The molecule has 1 saturated heterocycles. The molecule has 2 unspecified atom stereocenters. The number of hydrogen-bond donors (Lipinski definition) is 1. The van der Waals surface area contributed by atoms with Crippen LogP contribution >= 0.6 is 0 Å². The Kier molecular flexibility index (Phi) is 4.56. The van der Waals surface area contributed by atoms with Gasteiger partial charge in [-0.1, -0.05) is 34.6 Å². The Morgan fingerprint density at radius 3 is 2.68 bits per heavy atom. The summed E-state index contributed by atoms with van der Waals surface area (Å²) in [5, 5.41) is 12.2.